The van der Waals surface area contributed by atoms with Crippen molar-refractivity contribution in [3.8, 4) is 0 Å². The van der Waals surface area contributed by atoms with E-state index in [1.54, 1.807) is 4.90 Å². The molecule has 1 fully saturated rings. The molecule has 1 aromatic rings. The monoisotopic (exact) mass is 529 g/mol. The van der Waals surface area contributed by atoms with Crippen molar-refractivity contribution >= 4 is 34.3 Å². The number of hydrogen-bond donors (Lipinski definition) is 0. The molecule has 0 bridgehead atoms. The van der Waals surface area contributed by atoms with Crippen molar-refractivity contribution in [3.63, 3.8) is 0 Å². The molecular formula is C25H42NO5P3. The number of amides is 1. The molecule has 1 heterocycles. The standard InChI is InChI=1S/C25H42NO5P3/c1-17-15-21(11-8-14-28-32)29-23(17)13-12-22(30-33)16-18(2)25(27)26(4)19(3)24(31-34)20-9-6-5-7-10-20/h5-7,9-10,18-19,21-24H,1,8,11-16,32-34H2,2-4H3/t18?,19?,21-,22+,23-,24-/m0/s1. The van der Waals surface area contributed by atoms with Crippen LogP contribution in [0.25, 0.3) is 0 Å². The molecule has 1 aromatic carbocycles. The third kappa shape index (κ3) is 8.90. The van der Waals surface area contributed by atoms with Gasteiger partial charge in [0.05, 0.1) is 31.0 Å². The van der Waals surface area contributed by atoms with Crippen molar-refractivity contribution in [2.75, 3.05) is 13.7 Å². The summed E-state index contributed by atoms with van der Waals surface area (Å²) in [6.07, 6.45) is 5.18. The Hall–Kier alpha value is -0.440. The summed E-state index contributed by atoms with van der Waals surface area (Å²) >= 11 is 0. The van der Waals surface area contributed by atoms with Gasteiger partial charge in [-0.2, -0.15) is 0 Å². The Kier molecular flexibility index (Phi) is 13.7. The van der Waals surface area contributed by atoms with E-state index >= 15 is 0 Å². The Balaban J connectivity index is 1.85. The smallest absolute Gasteiger partial charge is 0.225 e. The van der Waals surface area contributed by atoms with Crippen LogP contribution in [0.5, 0.6) is 0 Å². The van der Waals surface area contributed by atoms with E-state index in [4.69, 9.17) is 18.3 Å². The van der Waals surface area contributed by atoms with Gasteiger partial charge in [-0.15, -0.1) is 0 Å². The minimum atomic E-state index is -0.220. The van der Waals surface area contributed by atoms with E-state index in [1.165, 1.54) is 0 Å². The van der Waals surface area contributed by atoms with Crippen LogP contribution < -0.4 is 0 Å². The molecule has 5 unspecified atom stereocenters. The van der Waals surface area contributed by atoms with Crippen LogP contribution in [0.4, 0.5) is 0 Å². The highest BCUT2D eigenvalue weighted by Crippen LogP contribution is 2.32. The third-order valence-electron chi connectivity index (χ3n) is 6.74. The molecular weight excluding hydrogens is 487 g/mol. The number of nitrogens with zero attached hydrogens (tertiary/aromatic N) is 1. The Morgan fingerprint density at radius 3 is 2.50 bits per heavy atom. The van der Waals surface area contributed by atoms with Gasteiger partial charge >= 0.3 is 0 Å². The SMILES string of the molecule is C=C1C[C@H](CCCOP)O[C@H]1CC[C@H](CC(C)C(=O)N(C)C(C)[C@H](OP)c1ccccc1)OP. The van der Waals surface area contributed by atoms with Crippen molar-refractivity contribution in [1.29, 1.82) is 0 Å². The molecule has 34 heavy (non-hydrogen) atoms. The molecule has 1 saturated heterocycles. The highest BCUT2D eigenvalue weighted by Gasteiger charge is 2.31. The molecule has 1 aliphatic rings. The molecule has 0 spiro atoms. The van der Waals surface area contributed by atoms with E-state index in [9.17, 15) is 4.79 Å². The normalized spacial score (nSPS) is 21.8. The number of benzene rings is 1. The summed E-state index contributed by atoms with van der Waals surface area (Å²) in [5.41, 5.74) is 2.20. The Morgan fingerprint density at radius 2 is 1.88 bits per heavy atom. The summed E-state index contributed by atoms with van der Waals surface area (Å²) in [7, 11) is 8.84. The van der Waals surface area contributed by atoms with Crippen LogP contribution in [-0.2, 0) is 23.1 Å². The molecule has 0 N–H and O–H groups in total. The summed E-state index contributed by atoms with van der Waals surface area (Å²) in [5, 5.41) is 0. The maximum Gasteiger partial charge on any atom is 0.225 e. The molecule has 9 atom stereocenters. The van der Waals surface area contributed by atoms with E-state index < -0.39 is 0 Å². The van der Waals surface area contributed by atoms with Crippen LogP contribution in [0.2, 0.25) is 0 Å². The topological polar surface area (TPSA) is 57.2 Å². The largest absolute Gasteiger partial charge is 0.370 e. The molecule has 192 valence electrons. The Morgan fingerprint density at radius 1 is 1.18 bits per heavy atom. The maximum atomic E-state index is 13.2. The minimum absolute atomic E-state index is 0.0449. The molecule has 0 radical (unpaired) electrons. The van der Waals surface area contributed by atoms with Crippen molar-refractivity contribution in [1.82, 2.24) is 4.90 Å². The summed E-state index contributed by atoms with van der Waals surface area (Å²) in [5.74, 6) is -0.0910. The second-order valence-corrected chi connectivity index (χ2v) is 10.1. The molecule has 0 saturated carbocycles. The first-order valence-corrected chi connectivity index (χ1v) is 13.4. The fourth-order valence-electron chi connectivity index (χ4n) is 4.58. The van der Waals surface area contributed by atoms with Crippen LogP contribution >= 0.6 is 28.4 Å². The predicted octanol–water partition coefficient (Wildman–Crippen LogP) is 5.66. The predicted molar refractivity (Wildman–Crippen MR) is 147 cm³/mol. The summed E-state index contributed by atoms with van der Waals surface area (Å²) in [6.45, 7) is 8.92. The molecule has 0 aromatic heterocycles. The zero-order chi connectivity index (χ0) is 25.1. The van der Waals surface area contributed by atoms with Crippen LogP contribution in [-0.4, -0.2) is 48.8 Å². The highest BCUT2D eigenvalue weighted by molar-refractivity contribution is 7.10. The lowest BCUT2D eigenvalue weighted by atomic mass is 9.95. The van der Waals surface area contributed by atoms with Crippen molar-refractivity contribution in [3.05, 3.63) is 48.0 Å². The molecule has 6 nitrogen and oxygen atoms in total. The quantitative estimate of drug-likeness (QED) is 0.167. The molecule has 1 aliphatic heterocycles. The maximum absolute atomic E-state index is 13.2. The zero-order valence-corrected chi connectivity index (χ0v) is 24.2. The lowest BCUT2D eigenvalue weighted by Gasteiger charge is -2.33. The lowest BCUT2D eigenvalue weighted by molar-refractivity contribution is -0.138. The van der Waals surface area contributed by atoms with Crippen molar-refractivity contribution in [2.24, 2.45) is 5.92 Å². The van der Waals surface area contributed by atoms with Gasteiger partial charge in [-0.3, -0.25) is 4.79 Å². The van der Waals surface area contributed by atoms with Crippen LogP contribution in [0, 0.1) is 5.92 Å². The fraction of sp³-hybridized carbons (Fsp3) is 0.640. The molecule has 0 aliphatic carbocycles. The van der Waals surface area contributed by atoms with Gasteiger partial charge in [-0.1, -0.05) is 43.8 Å². The minimum Gasteiger partial charge on any atom is -0.370 e. The van der Waals surface area contributed by atoms with Gasteiger partial charge in [0.1, 0.15) is 6.10 Å². The number of carbonyl (C=O) groups excluding carboxylic acids is 1. The van der Waals surface area contributed by atoms with Gasteiger partial charge in [0, 0.05) is 41.4 Å². The number of hydrogen-bond acceptors (Lipinski definition) is 5. The van der Waals surface area contributed by atoms with Crippen LogP contribution in [0.1, 0.15) is 64.0 Å². The van der Waals surface area contributed by atoms with Gasteiger partial charge < -0.3 is 23.2 Å². The number of rotatable bonds is 15. The Labute approximate surface area is 212 Å². The summed E-state index contributed by atoms with van der Waals surface area (Å²) < 4.78 is 22.6. The molecule has 2 rings (SSSR count). The average molecular weight is 530 g/mol. The van der Waals surface area contributed by atoms with Crippen LogP contribution in [0.3, 0.4) is 0 Å². The second-order valence-electron chi connectivity index (χ2n) is 9.25. The Bertz CT molecular complexity index is 753. The third-order valence-corrected chi connectivity index (χ3v) is 7.66. The number of likely N-dealkylation sites (N-methyl/N-ethyl adjacent to an activating group) is 1. The fourth-order valence-corrected chi connectivity index (χ4v) is 5.37. The van der Waals surface area contributed by atoms with Gasteiger partial charge in [-0.25, -0.2) is 0 Å². The van der Waals surface area contributed by atoms with Gasteiger partial charge in [0.2, 0.25) is 5.91 Å². The highest BCUT2D eigenvalue weighted by atomic mass is 31.0. The van der Waals surface area contributed by atoms with Crippen LogP contribution in [0.15, 0.2) is 42.5 Å². The van der Waals surface area contributed by atoms with Gasteiger partial charge in [0.15, 0.2) is 0 Å². The van der Waals surface area contributed by atoms with Crippen molar-refractivity contribution in [2.45, 2.75) is 82.8 Å². The van der Waals surface area contributed by atoms with E-state index in [2.05, 4.69) is 35.0 Å². The van der Waals surface area contributed by atoms with Gasteiger partial charge in [0.25, 0.3) is 0 Å². The molecule has 1 amide bonds. The van der Waals surface area contributed by atoms with Gasteiger partial charge in [-0.05, 0) is 56.6 Å². The first-order valence-electron chi connectivity index (χ1n) is 12.0. The summed E-state index contributed by atoms with van der Waals surface area (Å²) in [4.78, 5) is 15.0. The van der Waals surface area contributed by atoms with Crippen molar-refractivity contribution < 1.29 is 23.1 Å². The summed E-state index contributed by atoms with van der Waals surface area (Å²) in [6, 6.07) is 9.85. The first kappa shape index (κ1) is 29.8. The lowest BCUT2D eigenvalue weighted by Crippen LogP contribution is -2.42. The molecule has 9 heteroatoms. The van der Waals surface area contributed by atoms with E-state index in [1.807, 2.05) is 51.2 Å². The van der Waals surface area contributed by atoms with E-state index in [0.29, 0.717) is 6.42 Å². The van der Waals surface area contributed by atoms with E-state index in [0.717, 1.165) is 49.8 Å². The number of ether oxygens (including phenoxy) is 1. The number of carbonyl (C=O) groups is 1. The average Bonchev–Trinajstić information content (AvgIpc) is 3.20. The first-order chi connectivity index (χ1) is 16.3. The zero-order valence-electron chi connectivity index (χ0n) is 20.7. The van der Waals surface area contributed by atoms with E-state index in [-0.39, 0.29) is 42.3 Å². The second kappa shape index (κ2) is 15.6.